The molecular formula is C12H14N2O3. The number of anilines is 1. The van der Waals surface area contributed by atoms with Gasteiger partial charge in [-0.2, -0.15) is 0 Å². The van der Waals surface area contributed by atoms with Gasteiger partial charge in [0.2, 0.25) is 0 Å². The van der Waals surface area contributed by atoms with E-state index in [0.29, 0.717) is 24.3 Å². The minimum atomic E-state index is -0.892. The first-order valence-corrected chi connectivity index (χ1v) is 5.48. The Kier molecular flexibility index (Phi) is 2.99. The molecule has 1 aliphatic rings. The van der Waals surface area contributed by atoms with Crippen LogP contribution >= 0.6 is 0 Å². The van der Waals surface area contributed by atoms with Crippen LogP contribution in [0.3, 0.4) is 0 Å². The number of urea groups is 1. The third kappa shape index (κ3) is 2.08. The maximum absolute atomic E-state index is 11.6. The van der Waals surface area contributed by atoms with Crippen LogP contribution in [-0.2, 0) is 4.79 Å². The van der Waals surface area contributed by atoms with E-state index in [1.54, 1.807) is 36.1 Å². The molecule has 0 aliphatic carbocycles. The summed E-state index contributed by atoms with van der Waals surface area (Å²) in [6.45, 7) is 2.78. The highest BCUT2D eigenvalue weighted by Crippen LogP contribution is 2.28. The lowest BCUT2D eigenvalue weighted by atomic mass is 9.99. The molecule has 1 atom stereocenters. The summed E-state index contributed by atoms with van der Waals surface area (Å²) in [5.74, 6) is -1.52. The van der Waals surface area contributed by atoms with Crippen molar-refractivity contribution < 1.29 is 14.7 Å². The van der Waals surface area contributed by atoms with E-state index in [1.807, 2.05) is 0 Å². The summed E-state index contributed by atoms with van der Waals surface area (Å²) in [6.07, 6.45) is 0. The molecule has 1 aromatic rings. The smallest absolute Gasteiger partial charge is 0.322 e. The number of carboxylic acids is 1. The summed E-state index contributed by atoms with van der Waals surface area (Å²) in [4.78, 5) is 24.2. The van der Waals surface area contributed by atoms with Crippen molar-refractivity contribution in [3.8, 4) is 0 Å². The topological polar surface area (TPSA) is 69.6 Å². The zero-order valence-corrected chi connectivity index (χ0v) is 9.51. The number of rotatable bonds is 3. The molecule has 0 radical (unpaired) electrons. The van der Waals surface area contributed by atoms with Crippen LogP contribution in [0.2, 0.25) is 0 Å². The van der Waals surface area contributed by atoms with Gasteiger partial charge in [-0.05, 0) is 18.6 Å². The van der Waals surface area contributed by atoms with Crippen LogP contribution < -0.4 is 10.2 Å². The molecule has 0 saturated carbocycles. The highest BCUT2D eigenvalue weighted by molar-refractivity contribution is 5.95. The van der Waals surface area contributed by atoms with Crippen molar-refractivity contribution in [3.63, 3.8) is 0 Å². The van der Waals surface area contributed by atoms with Crippen LogP contribution in [0.5, 0.6) is 0 Å². The molecule has 1 fully saturated rings. The number of para-hydroxylation sites is 1. The first kappa shape index (κ1) is 11.4. The summed E-state index contributed by atoms with van der Waals surface area (Å²) in [5.41, 5.74) is 1.34. The Labute approximate surface area is 99.0 Å². The van der Waals surface area contributed by atoms with Crippen LogP contribution in [0, 0.1) is 0 Å². The van der Waals surface area contributed by atoms with Crippen molar-refractivity contribution >= 4 is 17.7 Å². The molecule has 90 valence electrons. The maximum Gasteiger partial charge on any atom is 0.322 e. The fourth-order valence-corrected chi connectivity index (χ4v) is 1.93. The quantitative estimate of drug-likeness (QED) is 0.830. The minimum Gasteiger partial charge on any atom is -0.481 e. The Balaban J connectivity index is 2.40. The number of carboxylic acid groups (broad SMARTS) is 1. The second-order valence-corrected chi connectivity index (χ2v) is 4.00. The first-order valence-electron chi connectivity index (χ1n) is 5.48. The molecule has 1 saturated heterocycles. The van der Waals surface area contributed by atoms with Gasteiger partial charge in [0.15, 0.2) is 0 Å². The van der Waals surface area contributed by atoms with Crippen molar-refractivity contribution in [2.75, 3.05) is 18.0 Å². The van der Waals surface area contributed by atoms with Gasteiger partial charge in [-0.3, -0.25) is 9.69 Å². The Morgan fingerprint density at radius 3 is 2.76 bits per heavy atom. The average molecular weight is 234 g/mol. The predicted octanol–water partition coefficient (Wildman–Crippen LogP) is 1.40. The molecule has 0 spiro atoms. The lowest BCUT2D eigenvalue weighted by Crippen LogP contribution is -2.29. The zero-order valence-electron chi connectivity index (χ0n) is 9.51. The summed E-state index contributed by atoms with van der Waals surface area (Å²) < 4.78 is 0. The van der Waals surface area contributed by atoms with E-state index in [0.717, 1.165) is 0 Å². The van der Waals surface area contributed by atoms with Gasteiger partial charge in [0.25, 0.3) is 0 Å². The normalized spacial score (nSPS) is 16.8. The number of aliphatic carboxylic acids is 1. The zero-order chi connectivity index (χ0) is 12.4. The SMILES string of the molecule is CC(C(=O)O)c1ccccc1N1CCNC1=O. The minimum absolute atomic E-state index is 0.171. The van der Waals surface area contributed by atoms with E-state index in [2.05, 4.69) is 5.32 Å². The second-order valence-electron chi connectivity index (χ2n) is 4.00. The lowest BCUT2D eigenvalue weighted by Gasteiger charge is -2.20. The molecule has 2 amide bonds. The third-order valence-electron chi connectivity index (χ3n) is 2.92. The van der Waals surface area contributed by atoms with Crippen molar-refractivity contribution in [1.29, 1.82) is 0 Å². The Bertz CT molecular complexity index is 459. The number of carbonyl (C=O) groups excluding carboxylic acids is 1. The first-order chi connectivity index (χ1) is 8.11. The Hall–Kier alpha value is -2.04. The number of benzene rings is 1. The van der Waals surface area contributed by atoms with Gasteiger partial charge < -0.3 is 10.4 Å². The molecule has 1 unspecified atom stereocenters. The van der Waals surface area contributed by atoms with Crippen LogP contribution in [-0.4, -0.2) is 30.2 Å². The van der Waals surface area contributed by atoms with Crippen molar-refractivity contribution in [2.24, 2.45) is 0 Å². The molecule has 1 aliphatic heterocycles. The molecule has 2 N–H and O–H groups in total. The molecule has 5 heteroatoms. The maximum atomic E-state index is 11.6. The molecule has 1 aromatic carbocycles. The van der Waals surface area contributed by atoms with Gasteiger partial charge in [0.05, 0.1) is 5.92 Å². The molecule has 2 rings (SSSR count). The molecule has 1 heterocycles. The van der Waals surface area contributed by atoms with Crippen LogP contribution in [0.1, 0.15) is 18.4 Å². The number of nitrogens with zero attached hydrogens (tertiary/aromatic N) is 1. The molecule has 17 heavy (non-hydrogen) atoms. The van der Waals surface area contributed by atoms with E-state index in [-0.39, 0.29) is 6.03 Å². The van der Waals surface area contributed by atoms with Crippen molar-refractivity contribution in [3.05, 3.63) is 29.8 Å². The average Bonchev–Trinajstić information content (AvgIpc) is 2.74. The van der Waals surface area contributed by atoms with Crippen LogP contribution in [0.4, 0.5) is 10.5 Å². The van der Waals surface area contributed by atoms with E-state index in [9.17, 15) is 9.59 Å². The molecule has 5 nitrogen and oxygen atoms in total. The molecular weight excluding hydrogens is 220 g/mol. The highest BCUT2D eigenvalue weighted by Gasteiger charge is 2.26. The monoisotopic (exact) mass is 234 g/mol. The van der Waals surface area contributed by atoms with E-state index < -0.39 is 11.9 Å². The molecule has 0 bridgehead atoms. The Morgan fingerprint density at radius 2 is 2.18 bits per heavy atom. The molecule has 0 aromatic heterocycles. The van der Waals surface area contributed by atoms with Gasteiger partial charge in [-0.25, -0.2) is 4.79 Å². The summed E-state index contributed by atoms with van der Waals surface area (Å²) >= 11 is 0. The number of amides is 2. The van der Waals surface area contributed by atoms with Gasteiger partial charge in [-0.1, -0.05) is 18.2 Å². The lowest BCUT2D eigenvalue weighted by molar-refractivity contribution is -0.138. The van der Waals surface area contributed by atoms with Gasteiger partial charge >= 0.3 is 12.0 Å². The second kappa shape index (κ2) is 4.45. The highest BCUT2D eigenvalue weighted by atomic mass is 16.4. The largest absolute Gasteiger partial charge is 0.481 e. The number of hydrogen-bond donors (Lipinski definition) is 2. The standard InChI is InChI=1S/C12H14N2O3/c1-8(11(15)16)9-4-2-3-5-10(9)14-7-6-13-12(14)17/h2-5,8H,6-7H2,1H3,(H,13,17)(H,15,16). The summed E-state index contributed by atoms with van der Waals surface area (Å²) in [6, 6.07) is 6.94. The predicted molar refractivity (Wildman–Crippen MR) is 63.2 cm³/mol. The van der Waals surface area contributed by atoms with Crippen molar-refractivity contribution in [1.82, 2.24) is 5.32 Å². The van der Waals surface area contributed by atoms with Gasteiger partial charge in [-0.15, -0.1) is 0 Å². The van der Waals surface area contributed by atoms with E-state index in [1.165, 1.54) is 0 Å². The fraction of sp³-hybridized carbons (Fsp3) is 0.333. The van der Waals surface area contributed by atoms with Crippen molar-refractivity contribution in [2.45, 2.75) is 12.8 Å². The summed E-state index contributed by atoms with van der Waals surface area (Å²) in [5, 5.41) is 11.8. The van der Waals surface area contributed by atoms with E-state index >= 15 is 0 Å². The fourth-order valence-electron chi connectivity index (χ4n) is 1.93. The van der Waals surface area contributed by atoms with Gasteiger partial charge in [0, 0.05) is 18.8 Å². The van der Waals surface area contributed by atoms with Crippen LogP contribution in [0.15, 0.2) is 24.3 Å². The van der Waals surface area contributed by atoms with E-state index in [4.69, 9.17) is 5.11 Å². The summed E-state index contributed by atoms with van der Waals surface area (Å²) in [7, 11) is 0. The van der Waals surface area contributed by atoms with Gasteiger partial charge in [0.1, 0.15) is 0 Å². The third-order valence-corrected chi connectivity index (χ3v) is 2.92. The van der Waals surface area contributed by atoms with Crippen LogP contribution in [0.25, 0.3) is 0 Å². The number of hydrogen-bond acceptors (Lipinski definition) is 2. The number of nitrogens with one attached hydrogen (secondary N) is 1. The Morgan fingerprint density at radius 1 is 1.47 bits per heavy atom. The number of carbonyl (C=O) groups is 2.